The van der Waals surface area contributed by atoms with Crippen LogP contribution in [0.1, 0.15) is 38.7 Å². The molecule has 0 saturated carbocycles. The van der Waals surface area contributed by atoms with Crippen LogP contribution in [0.25, 0.3) is 0 Å². The third kappa shape index (κ3) is 4.48. The van der Waals surface area contributed by atoms with Gasteiger partial charge in [0.15, 0.2) is 0 Å². The van der Waals surface area contributed by atoms with Crippen molar-refractivity contribution in [1.82, 2.24) is 0 Å². The fourth-order valence-corrected chi connectivity index (χ4v) is 3.27. The molecule has 1 N–H and O–H groups in total. The van der Waals surface area contributed by atoms with Crippen LogP contribution in [0.4, 0.5) is 5.69 Å². The minimum Gasteiger partial charge on any atom is -0.494 e. The van der Waals surface area contributed by atoms with Crippen LogP contribution in [0.15, 0.2) is 53.4 Å². The zero-order valence-electron chi connectivity index (χ0n) is 13.7. The highest BCUT2D eigenvalue weighted by atomic mass is 32.2. The summed E-state index contributed by atoms with van der Waals surface area (Å²) in [7, 11) is -3.58. The molecule has 0 aromatic heterocycles. The van der Waals surface area contributed by atoms with E-state index < -0.39 is 10.0 Å². The Balaban J connectivity index is 2.14. The number of rotatable bonds is 7. The van der Waals surface area contributed by atoms with Gasteiger partial charge in [-0.2, -0.15) is 0 Å². The Morgan fingerprint density at radius 2 is 1.61 bits per heavy atom. The average molecular weight is 333 g/mol. The van der Waals surface area contributed by atoms with Gasteiger partial charge in [0.1, 0.15) is 5.75 Å². The van der Waals surface area contributed by atoms with Crippen molar-refractivity contribution in [3.8, 4) is 5.75 Å². The van der Waals surface area contributed by atoms with Gasteiger partial charge in [0.2, 0.25) is 0 Å². The monoisotopic (exact) mass is 333 g/mol. The molecule has 2 rings (SSSR count). The van der Waals surface area contributed by atoms with Crippen LogP contribution in [-0.2, 0) is 10.0 Å². The van der Waals surface area contributed by atoms with Gasteiger partial charge >= 0.3 is 0 Å². The first-order valence-corrected chi connectivity index (χ1v) is 9.30. The molecule has 1 unspecified atom stereocenters. The van der Waals surface area contributed by atoms with Crippen LogP contribution in [0.3, 0.4) is 0 Å². The predicted molar refractivity (Wildman–Crippen MR) is 93.6 cm³/mol. The molecule has 2 aromatic carbocycles. The standard InChI is InChI=1S/C18H23NO3S/c1-4-14(3)15-6-12-18(13-7-15)23(20,21)19-16-8-10-17(11-9-16)22-5-2/h6-14,19H,4-5H2,1-3H3. The lowest BCUT2D eigenvalue weighted by molar-refractivity contribution is 0.340. The van der Waals surface area contributed by atoms with Gasteiger partial charge < -0.3 is 4.74 Å². The molecular formula is C18H23NO3S. The maximum Gasteiger partial charge on any atom is 0.261 e. The third-order valence-electron chi connectivity index (χ3n) is 3.79. The SMILES string of the molecule is CCOc1ccc(NS(=O)(=O)c2ccc(C(C)CC)cc2)cc1. The minimum atomic E-state index is -3.58. The molecular weight excluding hydrogens is 310 g/mol. The summed E-state index contributed by atoms with van der Waals surface area (Å²) in [6, 6.07) is 13.9. The molecule has 0 bridgehead atoms. The van der Waals surface area contributed by atoms with Gasteiger partial charge in [0.05, 0.1) is 11.5 Å². The highest BCUT2D eigenvalue weighted by Crippen LogP contribution is 2.23. The summed E-state index contributed by atoms with van der Waals surface area (Å²) in [4.78, 5) is 0.262. The van der Waals surface area contributed by atoms with Crippen molar-refractivity contribution in [2.75, 3.05) is 11.3 Å². The average Bonchev–Trinajstić information content (AvgIpc) is 2.56. The minimum absolute atomic E-state index is 0.262. The summed E-state index contributed by atoms with van der Waals surface area (Å²) in [6.45, 7) is 6.72. The molecule has 124 valence electrons. The zero-order valence-corrected chi connectivity index (χ0v) is 14.6. The number of benzene rings is 2. The van der Waals surface area contributed by atoms with Crippen LogP contribution in [0.2, 0.25) is 0 Å². The van der Waals surface area contributed by atoms with Gasteiger partial charge in [-0.3, -0.25) is 4.72 Å². The Morgan fingerprint density at radius 1 is 1.00 bits per heavy atom. The smallest absolute Gasteiger partial charge is 0.261 e. The molecule has 0 aliphatic heterocycles. The molecule has 0 aliphatic carbocycles. The van der Waals surface area contributed by atoms with E-state index in [2.05, 4.69) is 18.6 Å². The van der Waals surface area contributed by atoms with E-state index in [9.17, 15) is 8.42 Å². The molecule has 0 fully saturated rings. The van der Waals surface area contributed by atoms with Crippen LogP contribution in [-0.4, -0.2) is 15.0 Å². The van der Waals surface area contributed by atoms with Gasteiger partial charge in [0, 0.05) is 5.69 Å². The molecule has 0 saturated heterocycles. The van der Waals surface area contributed by atoms with Crippen molar-refractivity contribution in [2.45, 2.75) is 38.0 Å². The number of ether oxygens (including phenoxy) is 1. The summed E-state index contributed by atoms with van der Waals surface area (Å²) >= 11 is 0. The quantitative estimate of drug-likeness (QED) is 0.817. The summed E-state index contributed by atoms with van der Waals surface area (Å²) in [5.41, 5.74) is 1.66. The maximum absolute atomic E-state index is 12.4. The lowest BCUT2D eigenvalue weighted by atomic mass is 9.99. The highest BCUT2D eigenvalue weighted by molar-refractivity contribution is 7.92. The van der Waals surface area contributed by atoms with Gasteiger partial charge in [0.25, 0.3) is 10.0 Å². The molecule has 5 heteroatoms. The first kappa shape index (κ1) is 17.3. The van der Waals surface area contributed by atoms with E-state index in [1.165, 1.54) is 0 Å². The van der Waals surface area contributed by atoms with Gasteiger partial charge in [-0.05, 0) is 61.2 Å². The van der Waals surface area contributed by atoms with E-state index in [4.69, 9.17) is 4.74 Å². The van der Waals surface area contributed by atoms with E-state index in [-0.39, 0.29) is 4.90 Å². The molecule has 4 nitrogen and oxygen atoms in total. The summed E-state index contributed by atoms with van der Waals surface area (Å²) in [6.07, 6.45) is 1.02. The van der Waals surface area contributed by atoms with Crippen molar-refractivity contribution in [3.63, 3.8) is 0 Å². The topological polar surface area (TPSA) is 55.4 Å². The van der Waals surface area contributed by atoms with Crippen molar-refractivity contribution >= 4 is 15.7 Å². The van der Waals surface area contributed by atoms with E-state index in [0.29, 0.717) is 24.0 Å². The Hall–Kier alpha value is -2.01. The molecule has 2 aromatic rings. The van der Waals surface area contributed by atoms with E-state index >= 15 is 0 Å². The van der Waals surface area contributed by atoms with Gasteiger partial charge in [-0.25, -0.2) is 8.42 Å². The fourth-order valence-electron chi connectivity index (χ4n) is 2.21. The van der Waals surface area contributed by atoms with E-state index in [0.717, 1.165) is 12.0 Å². The van der Waals surface area contributed by atoms with Gasteiger partial charge in [-0.1, -0.05) is 26.0 Å². The van der Waals surface area contributed by atoms with Gasteiger partial charge in [-0.15, -0.1) is 0 Å². The summed E-state index contributed by atoms with van der Waals surface area (Å²) < 4.78 is 32.8. The Morgan fingerprint density at radius 3 is 2.13 bits per heavy atom. The Kier molecular flexibility index (Phi) is 5.66. The van der Waals surface area contributed by atoms with E-state index in [1.54, 1.807) is 36.4 Å². The second kappa shape index (κ2) is 7.51. The second-order valence-electron chi connectivity index (χ2n) is 5.44. The number of anilines is 1. The van der Waals surface area contributed by atoms with Crippen LogP contribution >= 0.6 is 0 Å². The highest BCUT2D eigenvalue weighted by Gasteiger charge is 2.14. The first-order valence-electron chi connectivity index (χ1n) is 7.82. The van der Waals surface area contributed by atoms with E-state index in [1.807, 2.05) is 19.1 Å². The Labute approximate surface area is 138 Å². The normalized spacial score (nSPS) is 12.7. The number of hydrogen-bond acceptors (Lipinski definition) is 3. The summed E-state index contributed by atoms with van der Waals surface area (Å²) in [5.74, 6) is 1.14. The number of hydrogen-bond donors (Lipinski definition) is 1. The van der Waals surface area contributed by atoms with Crippen molar-refractivity contribution in [1.29, 1.82) is 0 Å². The molecule has 0 aliphatic rings. The molecule has 0 heterocycles. The molecule has 0 amide bonds. The Bertz CT molecular complexity index is 722. The second-order valence-corrected chi connectivity index (χ2v) is 7.12. The number of sulfonamides is 1. The fraction of sp³-hybridized carbons (Fsp3) is 0.333. The van der Waals surface area contributed by atoms with Crippen LogP contribution in [0.5, 0.6) is 5.75 Å². The molecule has 0 radical (unpaired) electrons. The summed E-state index contributed by atoms with van der Waals surface area (Å²) in [5, 5.41) is 0. The van der Waals surface area contributed by atoms with Crippen molar-refractivity contribution < 1.29 is 13.2 Å². The predicted octanol–water partition coefficient (Wildman–Crippen LogP) is 4.40. The molecule has 23 heavy (non-hydrogen) atoms. The lowest BCUT2D eigenvalue weighted by Gasteiger charge is -2.12. The largest absolute Gasteiger partial charge is 0.494 e. The first-order chi connectivity index (χ1) is 11.0. The van der Waals surface area contributed by atoms with Crippen LogP contribution in [0, 0.1) is 0 Å². The van der Waals surface area contributed by atoms with Crippen LogP contribution < -0.4 is 9.46 Å². The molecule has 0 spiro atoms. The van der Waals surface area contributed by atoms with Crippen molar-refractivity contribution in [3.05, 3.63) is 54.1 Å². The maximum atomic E-state index is 12.4. The van der Waals surface area contributed by atoms with Crippen molar-refractivity contribution in [2.24, 2.45) is 0 Å². The lowest BCUT2D eigenvalue weighted by Crippen LogP contribution is -2.13. The third-order valence-corrected chi connectivity index (χ3v) is 5.19. The molecule has 1 atom stereocenters. The zero-order chi connectivity index (χ0) is 16.9. The number of nitrogens with one attached hydrogen (secondary N) is 1.